The van der Waals surface area contributed by atoms with E-state index in [0.29, 0.717) is 0 Å². The van der Waals surface area contributed by atoms with E-state index in [1.165, 1.54) is 0 Å². The summed E-state index contributed by atoms with van der Waals surface area (Å²) in [6, 6.07) is 3.00. The SMILES string of the molecule is O=C(CO)Oc1ccc(C(=O)O)cc1C(=O)O. The van der Waals surface area contributed by atoms with Crippen LogP contribution in [0.3, 0.4) is 0 Å². The van der Waals surface area contributed by atoms with E-state index in [-0.39, 0.29) is 11.3 Å². The van der Waals surface area contributed by atoms with Crippen LogP contribution >= 0.6 is 0 Å². The number of carbonyl (C=O) groups is 3. The molecule has 90 valence electrons. The minimum atomic E-state index is -1.44. The van der Waals surface area contributed by atoms with Gasteiger partial charge in [0.1, 0.15) is 17.9 Å². The molecule has 0 heterocycles. The number of rotatable bonds is 4. The second kappa shape index (κ2) is 5.08. The molecule has 1 aromatic rings. The molecule has 0 unspecified atom stereocenters. The van der Waals surface area contributed by atoms with Crippen molar-refractivity contribution in [1.82, 2.24) is 0 Å². The highest BCUT2D eigenvalue weighted by Gasteiger charge is 2.17. The standard InChI is InChI=1S/C10H8O7/c11-4-8(12)17-7-2-1-5(9(13)14)3-6(7)10(15)16/h1-3,11H,4H2,(H,13,14)(H,15,16). The molecular formula is C10H8O7. The number of carboxylic acids is 2. The van der Waals surface area contributed by atoms with Crippen LogP contribution in [0.1, 0.15) is 20.7 Å². The molecule has 0 spiro atoms. The minimum Gasteiger partial charge on any atom is -0.478 e. The zero-order chi connectivity index (χ0) is 13.0. The van der Waals surface area contributed by atoms with Gasteiger partial charge >= 0.3 is 17.9 Å². The molecule has 0 aromatic heterocycles. The Kier molecular flexibility index (Phi) is 3.78. The third-order valence-corrected chi connectivity index (χ3v) is 1.81. The molecule has 0 radical (unpaired) electrons. The predicted molar refractivity (Wildman–Crippen MR) is 53.1 cm³/mol. The Morgan fingerprint density at radius 2 is 1.76 bits per heavy atom. The molecule has 0 amide bonds. The first-order valence-corrected chi connectivity index (χ1v) is 4.38. The van der Waals surface area contributed by atoms with Crippen LogP contribution in [0, 0.1) is 0 Å². The number of esters is 1. The van der Waals surface area contributed by atoms with Crippen molar-refractivity contribution < 1.29 is 34.4 Å². The van der Waals surface area contributed by atoms with Crippen molar-refractivity contribution >= 4 is 17.9 Å². The summed E-state index contributed by atoms with van der Waals surface area (Å²) < 4.78 is 4.53. The van der Waals surface area contributed by atoms with Gasteiger partial charge in [0.15, 0.2) is 0 Å². The molecule has 0 atom stereocenters. The highest BCUT2D eigenvalue weighted by Crippen LogP contribution is 2.20. The molecule has 1 rings (SSSR count). The van der Waals surface area contributed by atoms with Crippen LogP contribution in [0.4, 0.5) is 0 Å². The number of benzene rings is 1. The van der Waals surface area contributed by atoms with Gasteiger partial charge in [-0.2, -0.15) is 0 Å². The second-order valence-corrected chi connectivity index (χ2v) is 2.95. The normalized spacial score (nSPS) is 9.71. The number of aliphatic hydroxyl groups is 1. The molecule has 0 bridgehead atoms. The number of carboxylic acid groups (broad SMARTS) is 2. The average molecular weight is 240 g/mol. The largest absolute Gasteiger partial charge is 0.478 e. The highest BCUT2D eigenvalue weighted by atomic mass is 16.5. The lowest BCUT2D eigenvalue weighted by Gasteiger charge is -2.06. The highest BCUT2D eigenvalue weighted by molar-refractivity contribution is 5.96. The Bertz CT molecular complexity index is 478. The van der Waals surface area contributed by atoms with Crippen LogP contribution in [0.5, 0.6) is 5.75 Å². The Labute approximate surface area is 94.9 Å². The third kappa shape index (κ3) is 3.02. The van der Waals surface area contributed by atoms with Crippen molar-refractivity contribution in [3.05, 3.63) is 29.3 Å². The fraction of sp³-hybridized carbons (Fsp3) is 0.100. The summed E-state index contributed by atoms with van der Waals surface area (Å²) in [6.45, 7) is -0.903. The van der Waals surface area contributed by atoms with E-state index in [1.807, 2.05) is 0 Å². The summed E-state index contributed by atoms with van der Waals surface area (Å²) in [5, 5.41) is 25.9. The van der Waals surface area contributed by atoms with Crippen LogP contribution in [0.25, 0.3) is 0 Å². The number of hydrogen-bond donors (Lipinski definition) is 3. The zero-order valence-electron chi connectivity index (χ0n) is 8.41. The van der Waals surface area contributed by atoms with Gasteiger partial charge in [-0.1, -0.05) is 0 Å². The lowest BCUT2D eigenvalue weighted by atomic mass is 10.1. The van der Waals surface area contributed by atoms with Gasteiger partial charge in [-0.3, -0.25) is 0 Å². The van der Waals surface area contributed by atoms with E-state index in [0.717, 1.165) is 18.2 Å². The minimum absolute atomic E-state index is 0.244. The van der Waals surface area contributed by atoms with Gasteiger partial charge in [-0.25, -0.2) is 14.4 Å². The van der Waals surface area contributed by atoms with Gasteiger partial charge in [0.25, 0.3) is 0 Å². The van der Waals surface area contributed by atoms with Gasteiger partial charge in [-0.15, -0.1) is 0 Å². The van der Waals surface area contributed by atoms with E-state index in [9.17, 15) is 14.4 Å². The smallest absolute Gasteiger partial charge is 0.339 e. The molecule has 3 N–H and O–H groups in total. The number of aliphatic hydroxyl groups excluding tert-OH is 1. The fourth-order valence-corrected chi connectivity index (χ4v) is 1.07. The van der Waals surface area contributed by atoms with E-state index >= 15 is 0 Å². The molecule has 0 saturated heterocycles. The first-order valence-electron chi connectivity index (χ1n) is 4.38. The maximum Gasteiger partial charge on any atom is 0.339 e. The molecule has 0 fully saturated rings. The summed E-state index contributed by atoms with van der Waals surface area (Å²) >= 11 is 0. The van der Waals surface area contributed by atoms with E-state index in [2.05, 4.69) is 4.74 Å². The van der Waals surface area contributed by atoms with E-state index < -0.39 is 30.1 Å². The van der Waals surface area contributed by atoms with Crippen LogP contribution in [-0.2, 0) is 4.79 Å². The Hall–Kier alpha value is -2.41. The second-order valence-electron chi connectivity index (χ2n) is 2.95. The number of ether oxygens (including phenoxy) is 1. The molecule has 0 aliphatic heterocycles. The molecule has 0 aliphatic carbocycles. The summed E-state index contributed by atoms with van der Waals surface area (Å²) in [4.78, 5) is 32.2. The third-order valence-electron chi connectivity index (χ3n) is 1.81. The average Bonchev–Trinajstić information content (AvgIpc) is 2.28. The summed E-state index contributed by atoms with van der Waals surface area (Å²) in [5.74, 6) is -4.08. The lowest BCUT2D eigenvalue weighted by Crippen LogP contribution is -2.15. The van der Waals surface area contributed by atoms with Gasteiger partial charge in [-0.05, 0) is 18.2 Å². The molecular weight excluding hydrogens is 232 g/mol. The van der Waals surface area contributed by atoms with Crippen LogP contribution in [-0.4, -0.2) is 39.8 Å². The van der Waals surface area contributed by atoms with Crippen molar-refractivity contribution in [2.24, 2.45) is 0 Å². The van der Waals surface area contributed by atoms with E-state index in [4.69, 9.17) is 15.3 Å². The Morgan fingerprint density at radius 3 is 2.24 bits per heavy atom. The van der Waals surface area contributed by atoms with Crippen molar-refractivity contribution in [2.45, 2.75) is 0 Å². The van der Waals surface area contributed by atoms with Gasteiger partial charge in [0, 0.05) is 0 Å². The van der Waals surface area contributed by atoms with Crippen molar-refractivity contribution in [3.8, 4) is 5.75 Å². The molecule has 17 heavy (non-hydrogen) atoms. The predicted octanol–water partition coefficient (Wildman–Crippen LogP) is -0.0193. The lowest BCUT2D eigenvalue weighted by molar-refractivity contribution is -0.137. The summed E-state index contributed by atoms with van der Waals surface area (Å²) in [7, 11) is 0. The molecule has 0 saturated carbocycles. The summed E-state index contributed by atoms with van der Waals surface area (Å²) in [5.41, 5.74) is -0.710. The fourth-order valence-electron chi connectivity index (χ4n) is 1.07. The topological polar surface area (TPSA) is 121 Å². The number of aromatic carboxylic acids is 2. The maximum absolute atomic E-state index is 10.8. The summed E-state index contributed by atoms with van der Waals surface area (Å²) in [6.07, 6.45) is 0. The quantitative estimate of drug-likeness (QED) is 0.499. The van der Waals surface area contributed by atoms with Gasteiger partial charge in [0.2, 0.25) is 0 Å². The van der Waals surface area contributed by atoms with Crippen LogP contribution < -0.4 is 4.74 Å². The first-order chi connectivity index (χ1) is 7.95. The number of hydrogen-bond acceptors (Lipinski definition) is 5. The Morgan fingerprint density at radius 1 is 1.12 bits per heavy atom. The van der Waals surface area contributed by atoms with E-state index in [1.54, 1.807) is 0 Å². The Balaban J connectivity index is 3.17. The van der Waals surface area contributed by atoms with Crippen molar-refractivity contribution in [2.75, 3.05) is 6.61 Å². The van der Waals surface area contributed by atoms with Gasteiger partial charge < -0.3 is 20.1 Å². The van der Waals surface area contributed by atoms with Crippen LogP contribution in [0.15, 0.2) is 18.2 Å². The zero-order valence-corrected chi connectivity index (χ0v) is 8.41. The van der Waals surface area contributed by atoms with Crippen molar-refractivity contribution in [1.29, 1.82) is 0 Å². The van der Waals surface area contributed by atoms with Crippen molar-refractivity contribution in [3.63, 3.8) is 0 Å². The first kappa shape index (κ1) is 12.7. The molecule has 7 nitrogen and oxygen atoms in total. The number of carbonyl (C=O) groups excluding carboxylic acids is 1. The van der Waals surface area contributed by atoms with Crippen LogP contribution in [0.2, 0.25) is 0 Å². The van der Waals surface area contributed by atoms with Gasteiger partial charge in [0.05, 0.1) is 5.56 Å². The monoisotopic (exact) mass is 240 g/mol. The molecule has 0 aliphatic rings. The molecule has 7 heteroatoms. The molecule has 1 aromatic carbocycles. The maximum atomic E-state index is 10.8.